The first-order valence-electron chi connectivity index (χ1n) is 6.37. The van der Waals surface area contributed by atoms with Gasteiger partial charge in [-0.2, -0.15) is 18.3 Å². The van der Waals surface area contributed by atoms with E-state index >= 15 is 0 Å². The molecule has 1 fully saturated rings. The molecule has 1 aliphatic heterocycles. The minimum Gasteiger partial charge on any atom is -0.476 e. The third kappa shape index (κ3) is 2.03. The number of aromatic carboxylic acids is 1. The van der Waals surface area contributed by atoms with Crippen LogP contribution in [0.2, 0.25) is 0 Å². The lowest BCUT2D eigenvalue weighted by atomic mass is 9.90. The lowest BCUT2D eigenvalue weighted by Gasteiger charge is -2.36. The van der Waals surface area contributed by atoms with Crippen molar-refractivity contribution in [2.45, 2.75) is 44.4 Å². The van der Waals surface area contributed by atoms with E-state index in [9.17, 15) is 18.0 Å². The van der Waals surface area contributed by atoms with Crippen molar-refractivity contribution in [2.24, 2.45) is 5.41 Å². The van der Waals surface area contributed by atoms with E-state index in [0.29, 0.717) is 0 Å². The molecule has 0 aromatic carbocycles. The van der Waals surface area contributed by atoms with E-state index in [0.717, 1.165) is 17.5 Å². The Labute approximate surface area is 112 Å². The normalized spacial score (nSPS) is 27.6. The summed E-state index contributed by atoms with van der Waals surface area (Å²) in [5, 5.41) is 15.5. The molecule has 0 amide bonds. The molecular formula is C12H14F3N3O2. The summed E-state index contributed by atoms with van der Waals surface area (Å²) in [4.78, 5) is 10.9. The fourth-order valence-corrected chi connectivity index (χ4v) is 2.68. The van der Waals surface area contributed by atoms with E-state index in [-0.39, 0.29) is 29.4 Å². The Kier molecular flexibility index (Phi) is 2.58. The van der Waals surface area contributed by atoms with E-state index in [2.05, 4.69) is 10.4 Å². The number of carboxylic acid groups (broad SMARTS) is 1. The van der Waals surface area contributed by atoms with E-state index in [4.69, 9.17) is 5.11 Å². The average Bonchev–Trinajstić information content (AvgIpc) is 2.93. The Morgan fingerprint density at radius 1 is 1.55 bits per heavy atom. The molecule has 2 aliphatic rings. The van der Waals surface area contributed by atoms with Crippen molar-refractivity contribution in [1.82, 2.24) is 9.78 Å². The number of rotatable bonds is 2. The van der Waals surface area contributed by atoms with Gasteiger partial charge in [-0.3, -0.25) is 0 Å². The van der Waals surface area contributed by atoms with Crippen LogP contribution < -0.4 is 5.32 Å². The maximum Gasteiger partial charge on any atom is 0.410 e. The SMILES string of the molecule is CC1([C@@H]2C[C@@H](C(F)(F)F)n3nc(C(=O)O)cc3N2)CC1. The van der Waals surface area contributed by atoms with Crippen molar-refractivity contribution < 1.29 is 23.1 Å². The molecule has 0 unspecified atom stereocenters. The van der Waals surface area contributed by atoms with Gasteiger partial charge in [0.2, 0.25) is 0 Å². The summed E-state index contributed by atoms with van der Waals surface area (Å²) in [6, 6.07) is -0.909. The fraction of sp³-hybridized carbons (Fsp3) is 0.667. The number of alkyl halides is 3. The van der Waals surface area contributed by atoms with Crippen LogP contribution in [0.3, 0.4) is 0 Å². The molecular weight excluding hydrogens is 275 g/mol. The first-order valence-corrected chi connectivity index (χ1v) is 6.37. The number of nitrogens with zero attached hydrogens (tertiary/aromatic N) is 2. The van der Waals surface area contributed by atoms with E-state index in [1.54, 1.807) is 0 Å². The number of carbonyl (C=O) groups is 1. The smallest absolute Gasteiger partial charge is 0.410 e. The Hall–Kier alpha value is -1.73. The van der Waals surface area contributed by atoms with Gasteiger partial charge in [-0.25, -0.2) is 9.48 Å². The van der Waals surface area contributed by atoms with Gasteiger partial charge in [0.15, 0.2) is 11.7 Å². The van der Waals surface area contributed by atoms with Crippen LogP contribution in [-0.4, -0.2) is 33.1 Å². The Balaban J connectivity index is 2.01. The summed E-state index contributed by atoms with van der Waals surface area (Å²) in [6.07, 6.45) is -2.79. The molecule has 0 saturated heterocycles. The molecule has 1 aromatic rings. The molecule has 0 bridgehead atoms. The molecule has 3 rings (SSSR count). The van der Waals surface area contributed by atoms with Crippen molar-refractivity contribution in [3.63, 3.8) is 0 Å². The van der Waals surface area contributed by atoms with Gasteiger partial charge in [-0.05, 0) is 24.7 Å². The van der Waals surface area contributed by atoms with E-state index in [1.807, 2.05) is 6.92 Å². The Bertz CT molecular complexity index is 563. The predicted octanol–water partition coefficient (Wildman–Crippen LogP) is 2.67. The number of fused-ring (bicyclic) bond motifs is 1. The molecule has 20 heavy (non-hydrogen) atoms. The summed E-state index contributed by atoms with van der Waals surface area (Å²) < 4.78 is 40.3. The summed E-state index contributed by atoms with van der Waals surface area (Å²) in [7, 11) is 0. The van der Waals surface area contributed by atoms with E-state index in [1.165, 1.54) is 6.07 Å². The van der Waals surface area contributed by atoms with Gasteiger partial charge in [0.05, 0.1) is 0 Å². The van der Waals surface area contributed by atoms with Crippen LogP contribution in [0.4, 0.5) is 19.0 Å². The topological polar surface area (TPSA) is 67.2 Å². The molecule has 1 aliphatic carbocycles. The van der Waals surface area contributed by atoms with Crippen LogP contribution in [0, 0.1) is 5.41 Å². The zero-order valence-electron chi connectivity index (χ0n) is 10.7. The summed E-state index contributed by atoms with van der Waals surface area (Å²) in [5.74, 6) is -1.20. The van der Waals surface area contributed by atoms with Crippen LogP contribution in [0.5, 0.6) is 0 Å². The van der Waals surface area contributed by atoms with Gasteiger partial charge in [0, 0.05) is 12.1 Å². The van der Waals surface area contributed by atoms with Crippen LogP contribution in [0.1, 0.15) is 42.7 Å². The second kappa shape index (κ2) is 3.89. The molecule has 8 heteroatoms. The molecule has 0 spiro atoms. The summed E-state index contributed by atoms with van der Waals surface area (Å²) in [5.41, 5.74) is -0.508. The molecule has 2 heterocycles. The fourth-order valence-electron chi connectivity index (χ4n) is 2.68. The number of aromatic nitrogens is 2. The third-order valence-electron chi connectivity index (χ3n) is 4.29. The molecule has 1 aromatic heterocycles. The van der Waals surface area contributed by atoms with Crippen LogP contribution in [0.15, 0.2) is 6.07 Å². The highest BCUT2D eigenvalue weighted by molar-refractivity contribution is 5.86. The minimum atomic E-state index is -4.44. The van der Waals surface area contributed by atoms with Gasteiger partial charge >= 0.3 is 12.1 Å². The lowest BCUT2D eigenvalue weighted by Crippen LogP contribution is -2.42. The van der Waals surface area contributed by atoms with Crippen LogP contribution >= 0.6 is 0 Å². The zero-order valence-corrected chi connectivity index (χ0v) is 10.7. The molecule has 0 radical (unpaired) electrons. The molecule has 2 N–H and O–H groups in total. The predicted molar refractivity (Wildman–Crippen MR) is 63.6 cm³/mol. The Morgan fingerprint density at radius 2 is 2.20 bits per heavy atom. The second-order valence-electron chi connectivity index (χ2n) is 5.81. The van der Waals surface area contributed by atoms with Crippen LogP contribution in [0.25, 0.3) is 0 Å². The van der Waals surface area contributed by atoms with Gasteiger partial charge in [0.25, 0.3) is 0 Å². The van der Waals surface area contributed by atoms with Crippen molar-refractivity contribution in [3.05, 3.63) is 11.8 Å². The monoisotopic (exact) mass is 289 g/mol. The number of hydrogen-bond donors (Lipinski definition) is 2. The number of hydrogen-bond acceptors (Lipinski definition) is 3. The quantitative estimate of drug-likeness (QED) is 0.878. The standard InChI is InChI=1S/C12H14F3N3O2/c1-11(2-3-11)7-5-8(12(13,14)15)18-9(16-7)4-6(17-18)10(19)20/h4,7-8,16H,2-3,5H2,1H3,(H,19,20)/t7-,8-/m0/s1. The Morgan fingerprint density at radius 3 is 2.70 bits per heavy atom. The van der Waals surface area contributed by atoms with Crippen molar-refractivity contribution in [2.75, 3.05) is 5.32 Å². The number of halogens is 3. The minimum absolute atomic E-state index is 0.117. The highest BCUT2D eigenvalue weighted by Crippen LogP contribution is 2.54. The third-order valence-corrected chi connectivity index (χ3v) is 4.29. The first kappa shape index (κ1) is 13.3. The lowest BCUT2D eigenvalue weighted by molar-refractivity contribution is -0.174. The average molecular weight is 289 g/mol. The highest BCUT2D eigenvalue weighted by Gasteiger charge is 2.53. The van der Waals surface area contributed by atoms with Gasteiger partial charge < -0.3 is 10.4 Å². The van der Waals surface area contributed by atoms with Gasteiger partial charge in [0.1, 0.15) is 5.82 Å². The molecule has 2 atom stereocenters. The van der Waals surface area contributed by atoms with Crippen molar-refractivity contribution in [1.29, 1.82) is 0 Å². The summed E-state index contributed by atoms with van der Waals surface area (Å²) >= 11 is 0. The molecule has 5 nitrogen and oxygen atoms in total. The number of anilines is 1. The van der Waals surface area contributed by atoms with Gasteiger partial charge in [-0.1, -0.05) is 6.92 Å². The van der Waals surface area contributed by atoms with E-state index < -0.39 is 18.2 Å². The first-order chi connectivity index (χ1) is 9.21. The van der Waals surface area contributed by atoms with Crippen LogP contribution in [-0.2, 0) is 0 Å². The zero-order chi connectivity index (χ0) is 14.7. The number of carboxylic acids is 1. The van der Waals surface area contributed by atoms with Crippen molar-refractivity contribution >= 4 is 11.8 Å². The molecule has 110 valence electrons. The largest absolute Gasteiger partial charge is 0.476 e. The molecule has 1 saturated carbocycles. The maximum atomic E-state index is 13.2. The van der Waals surface area contributed by atoms with Crippen molar-refractivity contribution in [3.8, 4) is 0 Å². The highest BCUT2D eigenvalue weighted by atomic mass is 19.4. The maximum absolute atomic E-state index is 13.2. The number of nitrogens with one attached hydrogen (secondary N) is 1. The van der Waals surface area contributed by atoms with Gasteiger partial charge in [-0.15, -0.1) is 0 Å². The summed E-state index contributed by atoms with van der Waals surface area (Å²) in [6.45, 7) is 1.95. The second-order valence-corrected chi connectivity index (χ2v) is 5.81.